The lowest BCUT2D eigenvalue weighted by atomic mass is 9.48. The molecule has 6 heteroatoms. The molecule has 0 bridgehead atoms. The zero-order valence-corrected chi connectivity index (χ0v) is 14.6. The number of nitrogens with one attached hydrogen (secondary N) is 1. The van der Waals surface area contributed by atoms with Crippen molar-refractivity contribution in [2.75, 3.05) is 13.1 Å². The van der Waals surface area contributed by atoms with Crippen molar-refractivity contribution in [1.29, 1.82) is 5.26 Å². The number of aromatic amines is 1. The number of carbonyl (C=O) groups is 1. The van der Waals surface area contributed by atoms with E-state index in [0.29, 0.717) is 24.1 Å². The second-order valence-electron chi connectivity index (χ2n) is 7.82. The first-order valence-electron chi connectivity index (χ1n) is 8.94. The summed E-state index contributed by atoms with van der Waals surface area (Å²) >= 11 is 0. The molecule has 0 unspecified atom stereocenters. The summed E-state index contributed by atoms with van der Waals surface area (Å²) in [4.78, 5) is 21.6. The lowest BCUT2D eigenvalue weighted by Crippen LogP contribution is -2.67. The molecule has 1 aromatic heterocycles. The highest BCUT2D eigenvalue weighted by molar-refractivity contribution is 5.94. The third-order valence-electron chi connectivity index (χ3n) is 5.88. The molecular formula is C21H17FN4O. The number of likely N-dealkylation sites (tertiary alicyclic amines) is 1. The normalized spacial score (nSPS) is 19.3. The number of benzene rings is 2. The van der Waals surface area contributed by atoms with Crippen molar-refractivity contribution in [2.24, 2.45) is 5.41 Å². The summed E-state index contributed by atoms with van der Waals surface area (Å²) in [6.45, 7) is 1.26. The van der Waals surface area contributed by atoms with E-state index in [-0.39, 0.29) is 23.0 Å². The van der Waals surface area contributed by atoms with Crippen molar-refractivity contribution in [3.63, 3.8) is 0 Å². The Labute approximate surface area is 155 Å². The maximum atomic E-state index is 13.3. The summed E-state index contributed by atoms with van der Waals surface area (Å²) in [5.74, 6) is -0.304. The SMILES string of the molecule is N#CC1(c2ccccc2)CC2(CN(C(=O)c3nc4ccc(F)cc4[nH]3)C2)C1. The Morgan fingerprint density at radius 3 is 2.63 bits per heavy atom. The number of aromatic nitrogens is 2. The number of hydrogen-bond donors (Lipinski definition) is 1. The number of imidazole rings is 1. The number of halogens is 1. The van der Waals surface area contributed by atoms with E-state index in [1.807, 2.05) is 30.3 Å². The molecule has 1 saturated carbocycles. The molecular weight excluding hydrogens is 343 g/mol. The van der Waals surface area contributed by atoms with Crippen LogP contribution in [0.3, 0.4) is 0 Å². The number of hydrogen-bond acceptors (Lipinski definition) is 3. The zero-order valence-electron chi connectivity index (χ0n) is 14.6. The van der Waals surface area contributed by atoms with Gasteiger partial charge < -0.3 is 9.88 Å². The molecule has 1 aliphatic carbocycles. The topological polar surface area (TPSA) is 72.8 Å². The molecule has 1 aliphatic heterocycles. The molecule has 2 aliphatic rings. The highest BCUT2D eigenvalue weighted by Crippen LogP contribution is 2.59. The summed E-state index contributed by atoms with van der Waals surface area (Å²) in [6.07, 6.45) is 1.55. The van der Waals surface area contributed by atoms with E-state index in [1.165, 1.54) is 12.1 Å². The van der Waals surface area contributed by atoms with Crippen LogP contribution in [-0.4, -0.2) is 33.9 Å². The molecule has 1 N–H and O–H groups in total. The molecule has 2 heterocycles. The molecule has 1 saturated heterocycles. The highest BCUT2D eigenvalue weighted by Gasteiger charge is 2.61. The van der Waals surface area contributed by atoms with Crippen LogP contribution in [0, 0.1) is 22.6 Å². The Morgan fingerprint density at radius 1 is 1.19 bits per heavy atom. The molecule has 0 atom stereocenters. The quantitative estimate of drug-likeness (QED) is 0.761. The van der Waals surface area contributed by atoms with E-state index in [2.05, 4.69) is 16.0 Å². The number of rotatable bonds is 2. The number of amides is 1. The minimum absolute atomic E-state index is 0.0271. The third kappa shape index (κ3) is 2.35. The molecule has 5 nitrogen and oxygen atoms in total. The number of fused-ring (bicyclic) bond motifs is 1. The van der Waals surface area contributed by atoms with Crippen LogP contribution < -0.4 is 0 Å². The van der Waals surface area contributed by atoms with Crippen LogP contribution in [0.4, 0.5) is 4.39 Å². The second-order valence-corrected chi connectivity index (χ2v) is 7.82. The first-order valence-corrected chi connectivity index (χ1v) is 8.94. The number of nitriles is 1. The van der Waals surface area contributed by atoms with Gasteiger partial charge in [-0.1, -0.05) is 30.3 Å². The first kappa shape index (κ1) is 16.0. The molecule has 134 valence electrons. The highest BCUT2D eigenvalue weighted by atomic mass is 19.1. The predicted octanol–water partition coefficient (Wildman–Crippen LogP) is 3.40. The van der Waals surface area contributed by atoms with Gasteiger partial charge in [-0.2, -0.15) is 5.26 Å². The Kier molecular flexibility index (Phi) is 3.20. The lowest BCUT2D eigenvalue weighted by Gasteiger charge is -2.62. The van der Waals surface area contributed by atoms with Crippen molar-refractivity contribution in [1.82, 2.24) is 14.9 Å². The van der Waals surface area contributed by atoms with Crippen LogP contribution in [0.2, 0.25) is 0 Å². The maximum Gasteiger partial charge on any atom is 0.289 e. The fourth-order valence-corrected chi connectivity index (χ4v) is 4.70. The smallest absolute Gasteiger partial charge is 0.289 e. The number of H-pyrrole nitrogens is 1. The molecule has 3 aromatic rings. The Bertz CT molecular complexity index is 1080. The van der Waals surface area contributed by atoms with E-state index in [1.54, 1.807) is 11.0 Å². The Hall–Kier alpha value is -3.20. The van der Waals surface area contributed by atoms with Crippen LogP contribution >= 0.6 is 0 Å². The Morgan fingerprint density at radius 2 is 1.93 bits per heavy atom. The van der Waals surface area contributed by atoms with Crippen LogP contribution in [0.5, 0.6) is 0 Å². The number of carbonyl (C=O) groups excluding carboxylic acids is 1. The summed E-state index contributed by atoms with van der Waals surface area (Å²) in [7, 11) is 0. The van der Waals surface area contributed by atoms with E-state index in [0.717, 1.165) is 18.4 Å². The van der Waals surface area contributed by atoms with Crippen LogP contribution in [0.1, 0.15) is 29.0 Å². The van der Waals surface area contributed by atoms with Gasteiger partial charge in [-0.05, 0) is 36.6 Å². The summed E-state index contributed by atoms with van der Waals surface area (Å²) in [5, 5.41) is 9.72. The first-order chi connectivity index (χ1) is 13.0. The van der Waals surface area contributed by atoms with Gasteiger partial charge in [-0.15, -0.1) is 0 Å². The van der Waals surface area contributed by atoms with E-state index in [9.17, 15) is 14.4 Å². The third-order valence-corrected chi connectivity index (χ3v) is 5.88. The molecule has 27 heavy (non-hydrogen) atoms. The monoisotopic (exact) mass is 360 g/mol. The van der Waals surface area contributed by atoms with Gasteiger partial charge >= 0.3 is 0 Å². The molecule has 1 amide bonds. The lowest BCUT2D eigenvalue weighted by molar-refractivity contribution is -0.0756. The van der Waals surface area contributed by atoms with Crippen molar-refractivity contribution in [2.45, 2.75) is 18.3 Å². The summed E-state index contributed by atoms with van der Waals surface area (Å²) in [6, 6.07) is 16.6. The van der Waals surface area contributed by atoms with Gasteiger partial charge in [0.1, 0.15) is 5.82 Å². The molecule has 1 spiro atoms. The van der Waals surface area contributed by atoms with Crippen LogP contribution in [0.15, 0.2) is 48.5 Å². The van der Waals surface area contributed by atoms with Gasteiger partial charge in [0.25, 0.3) is 5.91 Å². The zero-order chi connectivity index (χ0) is 18.6. The predicted molar refractivity (Wildman–Crippen MR) is 97.4 cm³/mol. The van der Waals surface area contributed by atoms with E-state index in [4.69, 9.17) is 0 Å². The van der Waals surface area contributed by atoms with Gasteiger partial charge in [0.15, 0.2) is 5.82 Å². The standard InChI is InChI=1S/C21H17FN4O/c22-15-6-7-16-17(8-15)25-18(24-16)19(27)26-12-20(13-26)9-21(10-20,11-23)14-4-2-1-3-5-14/h1-8H,9-10,12-13H2,(H,24,25). The van der Waals surface area contributed by atoms with Crippen LogP contribution in [0.25, 0.3) is 11.0 Å². The Balaban J connectivity index is 1.29. The average Bonchev–Trinajstić information content (AvgIpc) is 3.04. The fraction of sp³-hybridized carbons (Fsp3) is 0.286. The maximum absolute atomic E-state index is 13.3. The molecule has 5 rings (SSSR count). The summed E-state index contributed by atoms with van der Waals surface area (Å²) < 4.78 is 13.3. The minimum atomic E-state index is -0.437. The minimum Gasteiger partial charge on any atom is -0.335 e. The van der Waals surface area contributed by atoms with Crippen LogP contribution in [-0.2, 0) is 5.41 Å². The van der Waals surface area contributed by atoms with E-state index >= 15 is 0 Å². The van der Waals surface area contributed by atoms with Gasteiger partial charge in [-0.25, -0.2) is 9.37 Å². The molecule has 2 fully saturated rings. The average molecular weight is 360 g/mol. The van der Waals surface area contributed by atoms with E-state index < -0.39 is 5.41 Å². The molecule has 2 aromatic carbocycles. The second kappa shape index (κ2) is 5.40. The van der Waals surface area contributed by atoms with Gasteiger partial charge in [-0.3, -0.25) is 4.79 Å². The molecule has 0 radical (unpaired) electrons. The van der Waals surface area contributed by atoms with Crippen molar-refractivity contribution < 1.29 is 9.18 Å². The van der Waals surface area contributed by atoms with Crippen molar-refractivity contribution in [3.8, 4) is 6.07 Å². The number of nitrogens with zero attached hydrogens (tertiary/aromatic N) is 3. The summed E-state index contributed by atoms with van der Waals surface area (Å²) in [5.41, 5.74) is 1.74. The van der Waals surface area contributed by atoms with Gasteiger partial charge in [0, 0.05) is 18.5 Å². The van der Waals surface area contributed by atoms with Crippen molar-refractivity contribution >= 4 is 16.9 Å². The van der Waals surface area contributed by atoms with Gasteiger partial charge in [0.2, 0.25) is 0 Å². The largest absolute Gasteiger partial charge is 0.335 e. The van der Waals surface area contributed by atoms with Gasteiger partial charge in [0.05, 0.1) is 22.5 Å². The van der Waals surface area contributed by atoms with Crippen molar-refractivity contribution in [3.05, 3.63) is 65.7 Å². The fourth-order valence-electron chi connectivity index (χ4n) is 4.70.